The number of aromatic nitrogens is 5. The van der Waals surface area contributed by atoms with Gasteiger partial charge >= 0.3 is 0 Å². The first-order valence-electron chi connectivity index (χ1n) is 9.76. The number of hydrogen-bond acceptors (Lipinski definition) is 6. The molecule has 2 heterocycles. The molecule has 0 radical (unpaired) electrons. The van der Waals surface area contributed by atoms with Crippen molar-refractivity contribution in [3.63, 3.8) is 0 Å². The number of hydrogen-bond donors (Lipinski definition) is 1. The molecule has 4 aromatic rings. The molecule has 1 amide bonds. The van der Waals surface area contributed by atoms with Crippen molar-refractivity contribution in [2.75, 3.05) is 5.75 Å². The largest absolute Gasteiger partial charge is 0.318 e. The number of rotatable bonds is 7. The van der Waals surface area contributed by atoms with Gasteiger partial charge in [0.1, 0.15) is 5.82 Å². The fraction of sp³-hybridized carbons (Fsp3) is 0.136. The van der Waals surface area contributed by atoms with E-state index in [2.05, 4.69) is 26.1 Å². The Morgan fingerprint density at radius 3 is 2.62 bits per heavy atom. The second-order valence-electron chi connectivity index (χ2n) is 6.93. The molecule has 0 saturated heterocycles. The van der Waals surface area contributed by atoms with Gasteiger partial charge in [-0.1, -0.05) is 30.0 Å². The molecule has 2 aromatic carbocycles. The normalized spacial score (nSPS) is 11.2. The molecular formula is C22H20FN7OS. The topological polar surface area (TPSA) is 90.0 Å². The van der Waals surface area contributed by atoms with Crippen LogP contribution < -0.4 is 5.43 Å². The van der Waals surface area contributed by atoms with Crippen molar-refractivity contribution in [2.45, 2.75) is 19.0 Å². The van der Waals surface area contributed by atoms with E-state index < -0.39 is 0 Å². The minimum atomic E-state index is -0.281. The fourth-order valence-electron chi connectivity index (χ4n) is 3.24. The van der Waals surface area contributed by atoms with Crippen molar-refractivity contribution in [1.29, 1.82) is 0 Å². The van der Waals surface area contributed by atoms with E-state index in [1.165, 1.54) is 23.9 Å². The first kappa shape index (κ1) is 21.4. The molecule has 8 nitrogen and oxygen atoms in total. The second-order valence-corrected chi connectivity index (χ2v) is 7.87. The zero-order valence-electron chi connectivity index (χ0n) is 17.4. The molecule has 4 rings (SSSR count). The van der Waals surface area contributed by atoms with Crippen LogP contribution in [0.15, 0.2) is 70.9 Å². The summed E-state index contributed by atoms with van der Waals surface area (Å²) in [4.78, 5) is 12.2. The number of amides is 1. The number of nitrogens with zero attached hydrogens (tertiary/aromatic N) is 6. The van der Waals surface area contributed by atoms with E-state index in [1.807, 2.05) is 54.8 Å². The summed E-state index contributed by atoms with van der Waals surface area (Å²) in [5, 5.41) is 16.2. The fourth-order valence-corrected chi connectivity index (χ4v) is 3.93. The van der Waals surface area contributed by atoms with Gasteiger partial charge < -0.3 is 4.57 Å². The summed E-state index contributed by atoms with van der Waals surface area (Å²) in [6.45, 7) is 3.90. The number of halogens is 1. The van der Waals surface area contributed by atoms with Gasteiger partial charge in [-0.05, 0) is 66.7 Å². The molecule has 0 aliphatic carbocycles. The van der Waals surface area contributed by atoms with Crippen LogP contribution in [0.2, 0.25) is 0 Å². The Labute approximate surface area is 188 Å². The molecule has 0 bridgehead atoms. The molecule has 0 unspecified atom stereocenters. The van der Waals surface area contributed by atoms with Crippen LogP contribution in [0.5, 0.6) is 0 Å². The van der Waals surface area contributed by atoms with Gasteiger partial charge in [-0.3, -0.25) is 4.79 Å². The first-order valence-corrected chi connectivity index (χ1v) is 10.7. The summed E-state index contributed by atoms with van der Waals surface area (Å²) in [7, 11) is 0. The van der Waals surface area contributed by atoms with E-state index >= 15 is 0 Å². The number of aryl methyl sites for hydroxylation is 1. The van der Waals surface area contributed by atoms with Crippen LogP contribution in [-0.2, 0) is 4.79 Å². The summed E-state index contributed by atoms with van der Waals surface area (Å²) in [6, 6.07) is 17.7. The number of benzene rings is 2. The minimum Gasteiger partial charge on any atom is -0.318 e. The standard InChI is InChI=1S/C22H20FN7OS/c1-15-12-17(16(2)29(15)19-10-8-18(23)9-11-19)13-24-25-21(31)14-32-22-26-27-28-30(22)20-6-4-3-5-7-20/h3-13H,14H2,1-2H3,(H,25,31)/b24-13-. The van der Waals surface area contributed by atoms with Gasteiger partial charge in [-0.25, -0.2) is 9.82 Å². The second kappa shape index (κ2) is 9.56. The molecule has 32 heavy (non-hydrogen) atoms. The maximum absolute atomic E-state index is 13.2. The number of tetrazole rings is 1. The molecule has 1 N–H and O–H groups in total. The van der Waals surface area contributed by atoms with Crippen LogP contribution >= 0.6 is 11.8 Å². The molecule has 162 valence electrons. The zero-order chi connectivity index (χ0) is 22.5. The molecule has 2 aromatic heterocycles. The molecular weight excluding hydrogens is 429 g/mol. The van der Waals surface area contributed by atoms with Crippen LogP contribution in [0.1, 0.15) is 17.0 Å². The van der Waals surface area contributed by atoms with Gasteiger partial charge in [0.2, 0.25) is 5.16 Å². The number of carbonyl (C=O) groups excluding carboxylic acids is 1. The van der Waals surface area contributed by atoms with Gasteiger partial charge in [0.25, 0.3) is 5.91 Å². The third-order valence-electron chi connectivity index (χ3n) is 4.72. The molecule has 0 fully saturated rings. The Morgan fingerprint density at radius 1 is 1.12 bits per heavy atom. The lowest BCUT2D eigenvalue weighted by Crippen LogP contribution is -2.20. The quantitative estimate of drug-likeness (QED) is 0.265. The van der Waals surface area contributed by atoms with E-state index in [1.54, 1.807) is 23.0 Å². The average molecular weight is 450 g/mol. The van der Waals surface area contributed by atoms with Gasteiger partial charge in [0.15, 0.2) is 0 Å². The summed E-state index contributed by atoms with van der Waals surface area (Å²) in [5.41, 5.74) is 6.97. The number of para-hydroxylation sites is 1. The monoisotopic (exact) mass is 449 g/mol. The number of carbonyl (C=O) groups is 1. The van der Waals surface area contributed by atoms with Crippen LogP contribution in [0, 0.1) is 19.7 Å². The smallest absolute Gasteiger partial charge is 0.250 e. The highest BCUT2D eigenvalue weighted by Gasteiger charge is 2.12. The minimum absolute atomic E-state index is 0.110. The number of hydrazone groups is 1. The Morgan fingerprint density at radius 2 is 1.88 bits per heavy atom. The molecule has 10 heteroatoms. The van der Waals surface area contributed by atoms with Gasteiger partial charge in [0.05, 0.1) is 17.7 Å². The van der Waals surface area contributed by atoms with Gasteiger partial charge in [-0.15, -0.1) is 5.10 Å². The SMILES string of the molecule is Cc1cc(/C=N\NC(=O)CSc2nnnn2-c2ccccc2)c(C)n1-c1ccc(F)cc1. The van der Waals surface area contributed by atoms with Crippen LogP contribution in [0.3, 0.4) is 0 Å². The Balaban J connectivity index is 1.37. The summed E-state index contributed by atoms with van der Waals surface area (Å²) in [5.74, 6) is -0.448. The van der Waals surface area contributed by atoms with Crippen molar-refractivity contribution in [1.82, 2.24) is 30.2 Å². The van der Waals surface area contributed by atoms with Crippen molar-refractivity contribution in [2.24, 2.45) is 5.10 Å². The lowest BCUT2D eigenvalue weighted by molar-refractivity contribution is -0.118. The molecule has 0 aliphatic rings. The highest BCUT2D eigenvalue weighted by molar-refractivity contribution is 7.99. The highest BCUT2D eigenvalue weighted by atomic mass is 32.2. The van der Waals surface area contributed by atoms with E-state index in [0.29, 0.717) is 5.16 Å². The lowest BCUT2D eigenvalue weighted by Gasteiger charge is -2.09. The Bertz CT molecular complexity index is 1250. The van der Waals surface area contributed by atoms with Gasteiger partial charge in [-0.2, -0.15) is 9.78 Å². The maximum atomic E-state index is 13.2. The lowest BCUT2D eigenvalue weighted by atomic mass is 10.2. The van der Waals surface area contributed by atoms with E-state index in [-0.39, 0.29) is 17.5 Å². The zero-order valence-corrected chi connectivity index (χ0v) is 18.3. The molecule has 0 saturated carbocycles. The third kappa shape index (κ3) is 4.75. The molecule has 0 spiro atoms. The third-order valence-corrected chi connectivity index (χ3v) is 5.64. The van der Waals surface area contributed by atoms with E-state index in [4.69, 9.17) is 0 Å². The summed E-state index contributed by atoms with van der Waals surface area (Å²) >= 11 is 1.22. The number of thioether (sulfide) groups is 1. The first-order chi connectivity index (χ1) is 15.5. The van der Waals surface area contributed by atoms with Crippen molar-refractivity contribution in [3.8, 4) is 11.4 Å². The summed E-state index contributed by atoms with van der Waals surface area (Å²) in [6.07, 6.45) is 1.60. The molecule has 0 aliphatic heterocycles. The average Bonchev–Trinajstić information content (AvgIpc) is 3.38. The predicted octanol–water partition coefficient (Wildman–Crippen LogP) is 3.45. The van der Waals surface area contributed by atoms with E-state index in [9.17, 15) is 9.18 Å². The highest BCUT2D eigenvalue weighted by Crippen LogP contribution is 2.20. The Kier molecular flexibility index (Phi) is 6.41. The Hall–Kier alpha value is -3.79. The van der Waals surface area contributed by atoms with Gasteiger partial charge in [0, 0.05) is 22.6 Å². The molecule has 0 atom stereocenters. The predicted molar refractivity (Wildman–Crippen MR) is 121 cm³/mol. The maximum Gasteiger partial charge on any atom is 0.250 e. The van der Waals surface area contributed by atoms with Crippen LogP contribution in [-0.4, -0.2) is 42.6 Å². The van der Waals surface area contributed by atoms with E-state index in [0.717, 1.165) is 28.3 Å². The van der Waals surface area contributed by atoms with Crippen molar-refractivity contribution in [3.05, 3.63) is 83.4 Å². The van der Waals surface area contributed by atoms with Crippen molar-refractivity contribution >= 4 is 23.9 Å². The number of nitrogens with one attached hydrogen (secondary N) is 1. The van der Waals surface area contributed by atoms with Crippen LogP contribution in [0.25, 0.3) is 11.4 Å². The van der Waals surface area contributed by atoms with Crippen LogP contribution in [0.4, 0.5) is 4.39 Å². The van der Waals surface area contributed by atoms with Crippen molar-refractivity contribution < 1.29 is 9.18 Å². The summed E-state index contributed by atoms with van der Waals surface area (Å²) < 4.78 is 16.8.